The second-order valence-electron chi connectivity index (χ2n) is 31.8. The number of nitrogens with zero attached hydrogens (tertiary/aromatic N) is 2. The maximum absolute atomic E-state index is 13.1. The first-order valence-corrected chi connectivity index (χ1v) is 43.3. The Labute approximate surface area is 755 Å². The minimum atomic E-state index is -3.63. The van der Waals surface area contributed by atoms with Crippen LogP contribution in [-0.4, -0.2) is 133 Å². The van der Waals surface area contributed by atoms with Crippen LogP contribution >= 0.6 is 0 Å². The number of esters is 5. The van der Waals surface area contributed by atoms with Crippen molar-refractivity contribution < 1.29 is 103 Å². The molecular formula is C95H111N9O24S2. The van der Waals surface area contributed by atoms with E-state index in [1.807, 2.05) is 112 Å². The molecule has 35 heteroatoms. The van der Waals surface area contributed by atoms with E-state index in [0.29, 0.717) is 33.5 Å². The molecule has 10 rings (SSSR count). The predicted molar refractivity (Wildman–Crippen MR) is 489 cm³/mol. The molecule has 0 bridgehead atoms. The van der Waals surface area contributed by atoms with Gasteiger partial charge in [0.2, 0.25) is 5.91 Å². The van der Waals surface area contributed by atoms with Crippen LogP contribution in [0.15, 0.2) is 271 Å². The van der Waals surface area contributed by atoms with E-state index in [0.717, 1.165) is 40.5 Å². The Kier molecular flexibility index (Phi) is 41.3. The number of ether oxygens (including phenoxy) is 7. The fourth-order valence-electron chi connectivity index (χ4n) is 11.8. The summed E-state index contributed by atoms with van der Waals surface area (Å²) in [6.07, 6.45) is -1.29. The Morgan fingerprint density at radius 2 is 0.685 bits per heavy atom. The number of carbonyl (C=O) groups excluding carboxylic acids is 8. The van der Waals surface area contributed by atoms with Crippen molar-refractivity contribution in [3.63, 3.8) is 0 Å². The number of nitrogens with two attached hydrogens (primary N) is 4. The summed E-state index contributed by atoms with van der Waals surface area (Å²) in [5.41, 5.74) is 29.3. The van der Waals surface area contributed by atoms with E-state index in [4.69, 9.17) is 42.3 Å². The third-order valence-corrected chi connectivity index (χ3v) is 21.4. The number of rotatable bonds is 26. The Balaban J connectivity index is 0.000000285. The highest BCUT2D eigenvalue weighted by atomic mass is 32.2. The van der Waals surface area contributed by atoms with Crippen LogP contribution in [-0.2, 0) is 93.1 Å². The summed E-state index contributed by atoms with van der Waals surface area (Å²) in [6, 6.07) is 68.3. The van der Waals surface area contributed by atoms with E-state index in [1.165, 1.54) is 77.0 Å². The molecule has 0 radical (unpaired) electrons. The summed E-state index contributed by atoms with van der Waals surface area (Å²) in [7, 11) is -0.910. The second kappa shape index (κ2) is 50.4. The van der Waals surface area contributed by atoms with Gasteiger partial charge in [-0.15, -0.1) is 0 Å². The number of nitro groups is 2. The molecule has 10 aromatic rings. The number of methoxy groups -OCH3 is 5. The number of hydrogen-bond donors (Lipinski definition) is 8. The number of benzene rings is 10. The number of nitrogens with one attached hydrogen (secondary N) is 3. The van der Waals surface area contributed by atoms with Crippen molar-refractivity contribution in [2.24, 2.45) is 22.6 Å². The SMILES string of the molecule is COC(=O)[C@@H](N)c1cccc([N+](=O)[O-])c1.COC(=O)[C@@H](N)c1ccccc1.COC(=O)[C@@H](NC(=O)CC(C)(C)C)c1cccc(CS(=O)(=O)c2ccc(-c3ccccc3)cc2)c1.COC(=O)[C@@H](NC(=O)OC(C)(C)C)c1cccc(N)c1.COC(=O)[C@@H](NC(=O)OC(C)(C)C)c1cccc([N+](=O)[O-])c1.N[C@H](CO)c1cccc(CS(=O)(=O)c2ccc(-c3ccccc3)cc2)c1. The Hall–Kier alpha value is -14.1. The number of amides is 3. The van der Waals surface area contributed by atoms with Gasteiger partial charge in [-0.3, -0.25) is 34.6 Å². The molecule has 12 N–H and O–H groups in total. The lowest BCUT2D eigenvalue weighted by molar-refractivity contribution is -0.385. The molecule has 3 amide bonds. The summed E-state index contributed by atoms with van der Waals surface area (Å²) in [6.45, 7) is 15.8. The topological polar surface area (TPSA) is 516 Å². The predicted octanol–water partition coefficient (Wildman–Crippen LogP) is 14.4. The molecule has 0 heterocycles. The van der Waals surface area contributed by atoms with Crippen LogP contribution in [0.2, 0.25) is 0 Å². The normalized spacial score (nSPS) is 12.4. The minimum absolute atomic E-state index is 0.105. The highest BCUT2D eigenvalue weighted by Gasteiger charge is 2.32. The summed E-state index contributed by atoms with van der Waals surface area (Å²) in [5.74, 6) is -3.66. The summed E-state index contributed by atoms with van der Waals surface area (Å²) < 4.78 is 84.9. The van der Waals surface area contributed by atoms with Gasteiger partial charge in [-0.05, 0) is 150 Å². The number of anilines is 1. The van der Waals surface area contributed by atoms with E-state index in [1.54, 1.807) is 163 Å². The highest BCUT2D eigenvalue weighted by Crippen LogP contribution is 2.30. The summed E-state index contributed by atoms with van der Waals surface area (Å²) in [4.78, 5) is 115. The molecule has 0 aliphatic carbocycles. The largest absolute Gasteiger partial charge is 0.468 e. The Bertz CT molecular complexity index is 5680. The zero-order valence-electron chi connectivity index (χ0n) is 74.5. The molecular weight excluding hydrogens is 1720 g/mol. The molecule has 130 heavy (non-hydrogen) atoms. The van der Waals surface area contributed by atoms with Gasteiger partial charge in [0.05, 0.1) is 79.3 Å². The first kappa shape index (κ1) is 106. The summed E-state index contributed by atoms with van der Waals surface area (Å²) in [5, 5.41) is 38.0. The van der Waals surface area contributed by atoms with Crippen molar-refractivity contribution in [1.29, 1.82) is 0 Å². The lowest BCUT2D eigenvalue weighted by Crippen LogP contribution is -2.38. The van der Waals surface area contributed by atoms with Crippen LogP contribution in [0.5, 0.6) is 0 Å². The summed E-state index contributed by atoms with van der Waals surface area (Å²) >= 11 is 0. The molecule has 0 aliphatic heterocycles. The second-order valence-corrected chi connectivity index (χ2v) is 35.8. The van der Waals surface area contributed by atoms with E-state index >= 15 is 0 Å². The van der Waals surface area contributed by atoms with Gasteiger partial charge >= 0.3 is 42.0 Å². The van der Waals surface area contributed by atoms with Crippen molar-refractivity contribution in [3.8, 4) is 22.3 Å². The average Bonchev–Trinajstić information content (AvgIpc) is 0.800. The number of non-ortho nitro benzene ring substituents is 2. The molecule has 0 saturated carbocycles. The lowest BCUT2D eigenvalue weighted by Gasteiger charge is -2.22. The Morgan fingerprint density at radius 1 is 0.377 bits per heavy atom. The average molecular weight is 1830 g/mol. The molecule has 0 saturated heterocycles. The third kappa shape index (κ3) is 36.0. The fourth-order valence-corrected chi connectivity index (χ4v) is 14.4. The lowest BCUT2D eigenvalue weighted by atomic mass is 9.91. The molecule has 0 aliphatic rings. The van der Waals surface area contributed by atoms with Gasteiger partial charge < -0.3 is 77.1 Å². The molecule has 692 valence electrons. The molecule has 0 unspecified atom stereocenters. The zero-order valence-corrected chi connectivity index (χ0v) is 76.1. The first-order chi connectivity index (χ1) is 61.1. The van der Waals surface area contributed by atoms with E-state index in [2.05, 4.69) is 34.9 Å². The van der Waals surface area contributed by atoms with Gasteiger partial charge in [0.1, 0.15) is 23.3 Å². The van der Waals surface area contributed by atoms with Crippen molar-refractivity contribution in [2.75, 3.05) is 47.9 Å². The molecule has 0 aromatic heterocycles. The van der Waals surface area contributed by atoms with Crippen LogP contribution in [0.25, 0.3) is 22.3 Å². The van der Waals surface area contributed by atoms with E-state index < -0.39 is 119 Å². The van der Waals surface area contributed by atoms with Crippen LogP contribution in [0.4, 0.5) is 26.7 Å². The van der Waals surface area contributed by atoms with E-state index in [9.17, 15) is 75.4 Å². The maximum Gasteiger partial charge on any atom is 0.408 e. The van der Waals surface area contributed by atoms with Gasteiger partial charge in [0.15, 0.2) is 37.8 Å². The van der Waals surface area contributed by atoms with Crippen LogP contribution in [0.3, 0.4) is 0 Å². The third-order valence-electron chi connectivity index (χ3n) is 18.0. The molecule has 0 fully saturated rings. The van der Waals surface area contributed by atoms with Gasteiger partial charge in [0.25, 0.3) is 11.4 Å². The number of nitro benzene ring substituents is 2. The number of nitrogen functional groups attached to an aromatic ring is 1. The number of carbonyl (C=O) groups is 8. The number of sulfone groups is 2. The fraction of sp³-hybridized carbons (Fsp3) is 0.284. The quantitative estimate of drug-likeness (QED) is 0.00820. The smallest absolute Gasteiger partial charge is 0.408 e. The van der Waals surface area contributed by atoms with Gasteiger partial charge in [-0.2, -0.15) is 0 Å². The van der Waals surface area contributed by atoms with E-state index in [-0.39, 0.29) is 62.6 Å². The van der Waals surface area contributed by atoms with Gasteiger partial charge in [-0.25, -0.2) is 40.8 Å². The Morgan fingerprint density at radius 3 is 1.05 bits per heavy atom. The molecule has 6 atom stereocenters. The molecule has 33 nitrogen and oxygen atoms in total. The monoisotopic (exact) mass is 1830 g/mol. The van der Waals surface area contributed by atoms with Gasteiger partial charge in [0, 0.05) is 36.4 Å². The highest BCUT2D eigenvalue weighted by molar-refractivity contribution is 7.91. The van der Waals surface area contributed by atoms with Crippen molar-refractivity contribution in [2.45, 2.75) is 137 Å². The molecule has 10 aromatic carbocycles. The van der Waals surface area contributed by atoms with Gasteiger partial charge in [-0.1, -0.05) is 221 Å². The zero-order chi connectivity index (χ0) is 96.9. The number of aliphatic hydroxyl groups is 1. The number of hydrogen-bond acceptors (Lipinski definition) is 28. The van der Waals surface area contributed by atoms with Crippen LogP contribution in [0, 0.1) is 25.6 Å². The van der Waals surface area contributed by atoms with Crippen molar-refractivity contribution >= 4 is 84.7 Å². The standard InChI is InChI=1S/C28H31NO5S.C21H21NO3S.C14H18N2O6.C14H20N2O4.C9H10N2O4.C9H11NO2/c1-28(2,3)18-25(30)29-26(27(31)34-4)23-12-8-9-20(17-23)19-35(32,33)24-15-13-22(14-16-24)21-10-6-5-7-11-21;22-21(14-23)19-8-4-5-16(13-19)15-26(24,25)20-11-9-18(10-12-20)17-6-2-1-3-7-17;1-14(2,3)22-13(18)15-11(12(17)21-4)9-6-5-7-10(8-9)16(19)20;1-14(2,3)20-13(18)16-11(12(17)19-4)9-6-5-7-10(15)8-9;1-15-9(12)8(10)6-3-2-4-7(5-6)11(13)14;1-12-9(11)8(10)7-5-3-2-4-6-7/h5-17,26H,18-19H2,1-4H3,(H,29,30);1-13,21,23H,14-15,22H2;5-8,11H,1-4H3,(H,15,18);5-8,11H,15H2,1-4H3,(H,16,18);2-5,8H,10H2,1H3;2-6,8H,10H2,1H3/t26-;21-;2*11-;2*8-/m010000/s1. The van der Waals surface area contributed by atoms with Crippen molar-refractivity contribution in [3.05, 3.63) is 326 Å². The minimum Gasteiger partial charge on any atom is -0.468 e. The van der Waals surface area contributed by atoms with Crippen molar-refractivity contribution in [1.82, 2.24) is 16.0 Å². The number of aliphatic hydroxyl groups excluding tert-OH is 1. The number of alkyl carbamates (subject to hydrolysis) is 2. The molecule has 0 spiro atoms. The first-order valence-electron chi connectivity index (χ1n) is 40.0. The van der Waals surface area contributed by atoms with Crippen LogP contribution in [0.1, 0.15) is 149 Å². The van der Waals surface area contributed by atoms with Crippen LogP contribution < -0.4 is 38.9 Å². The maximum atomic E-state index is 13.1.